The van der Waals surface area contributed by atoms with E-state index in [4.69, 9.17) is 30.8 Å². The molecular formula is C24H24ClN3O4S2. The van der Waals surface area contributed by atoms with Gasteiger partial charge in [0.1, 0.15) is 5.82 Å². The first-order chi connectivity index (χ1) is 16.4. The Labute approximate surface area is 211 Å². The van der Waals surface area contributed by atoms with Gasteiger partial charge in [-0.15, -0.1) is 11.3 Å². The van der Waals surface area contributed by atoms with Crippen LogP contribution in [0, 0.1) is 0 Å². The molecule has 10 heteroatoms. The Morgan fingerprint density at radius 3 is 2.71 bits per heavy atom. The lowest BCUT2D eigenvalue weighted by molar-refractivity contribution is 0.0526. The number of thiophene rings is 1. The second-order valence-electron chi connectivity index (χ2n) is 7.14. The summed E-state index contributed by atoms with van der Waals surface area (Å²) in [7, 11) is 3.60. The van der Waals surface area contributed by atoms with Crippen molar-refractivity contribution in [2.45, 2.75) is 18.7 Å². The van der Waals surface area contributed by atoms with E-state index in [1.165, 1.54) is 23.3 Å². The zero-order valence-corrected chi connectivity index (χ0v) is 21.6. The van der Waals surface area contributed by atoms with Crippen LogP contribution in [0.5, 0.6) is 11.5 Å². The largest absolute Gasteiger partial charge is 0.493 e. The van der Waals surface area contributed by atoms with E-state index >= 15 is 0 Å². The van der Waals surface area contributed by atoms with Gasteiger partial charge >= 0.3 is 5.97 Å². The molecule has 0 bridgehead atoms. The number of H-pyrrole nitrogens is 1. The highest BCUT2D eigenvalue weighted by Gasteiger charge is 2.19. The van der Waals surface area contributed by atoms with Crippen molar-refractivity contribution in [1.82, 2.24) is 9.97 Å². The van der Waals surface area contributed by atoms with Crippen molar-refractivity contribution >= 4 is 57.6 Å². The van der Waals surface area contributed by atoms with Gasteiger partial charge in [0.2, 0.25) is 0 Å². The van der Waals surface area contributed by atoms with E-state index in [1.54, 1.807) is 26.2 Å². The van der Waals surface area contributed by atoms with Crippen molar-refractivity contribution in [3.63, 3.8) is 0 Å². The molecule has 4 rings (SSSR count). The fraction of sp³-hybridized carbons (Fsp3) is 0.250. The van der Waals surface area contributed by atoms with Gasteiger partial charge in [-0.25, -0.2) is 9.78 Å². The molecular weight excluding hydrogens is 494 g/mol. The number of aromatic nitrogens is 2. The number of rotatable bonds is 9. The number of nitrogens with zero attached hydrogens (tertiary/aromatic N) is 2. The van der Waals surface area contributed by atoms with E-state index in [0.717, 1.165) is 26.5 Å². The number of fused-ring (bicyclic) bond motifs is 1. The van der Waals surface area contributed by atoms with Crippen LogP contribution >= 0.6 is 34.9 Å². The molecule has 2 aromatic heterocycles. The molecule has 0 atom stereocenters. The molecule has 0 unspecified atom stereocenters. The van der Waals surface area contributed by atoms with E-state index < -0.39 is 0 Å². The number of hydrogen-bond acceptors (Lipinski definition) is 8. The first-order valence-electron chi connectivity index (χ1n) is 10.6. The third-order valence-corrected chi connectivity index (χ3v) is 7.33. The Bertz CT molecular complexity index is 1320. The normalized spacial score (nSPS) is 11.0. The smallest absolute Gasteiger partial charge is 0.338 e. The number of methoxy groups -OCH3 is 1. The highest BCUT2D eigenvalue weighted by Crippen LogP contribution is 2.43. The molecule has 178 valence electrons. The van der Waals surface area contributed by atoms with Crippen LogP contribution < -0.4 is 13.8 Å². The van der Waals surface area contributed by atoms with Crippen molar-refractivity contribution < 1.29 is 19.0 Å². The molecule has 7 nitrogen and oxygen atoms in total. The maximum atomic E-state index is 12.1. The fourth-order valence-corrected chi connectivity index (χ4v) is 5.67. The van der Waals surface area contributed by atoms with Crippen LogP contribution in [0.1, 0.15) is 24.2 Å². The quantitative estimate of drug-likeness (QED) is 0.196. The maximum Gasteiger partial charge on any atom is 0.338 e. The zero-order valence-electron chi connectivity index (χ0n) is 19.2. The molecule has 0 saturated heterocycles. The summed E-state index contributed by atoms with van der Waals surface area (Å²) in [5, 5.41) is 0. The highest BCUT2D eigenvalue weighted by atomic mass is 35.5. The van der Waals surface area contributed by atoms with Crippen LogP contribution in [-0.4, -0.2) is 43.3 Å². The van der Waals surface area contributed by atoms with Crippen LogP contribution in [-0.2, 0) is 4.74 Å². The summed E-state index contributed by atoms with van der Waals surface area (Å²) < 4.78 is 18.9. The molecule has 2 heterocycles. The van der Waals surface area contributed by atoms with Gasteiger partial charge in [-0.3, -0.25) is 0 Å². The van der Waals surface area contributed by atoms with Crippen LogP contribution in [0.25, 0.3) is 21.7 Å². The maximum absolute atomic E-state index is 12.1. The van der Waals surface area contributed by atoms with Crippen LogP contribution in [0.3, 0.4) is 0 Å². The number of benzene rings is 2. The Morgan fingerprint density at radius 2 is 1.97 bits per heavy atom. The average Bonchev–Trinajstić information content (AvgIpc) is 3.41. The number of carbonyl (C=O) groups excluding carboxylic acids is 1. The van der Waals surface area contributed by atoms with E-state index in [0.29, 0.717) is 40.4 Å². The first kappa shape index (κ1) is 24.3. The van der Waals surface area contributed by atoms with E-state index in [1.807, 2.05) is 48.6 Å². The van der Waals surface area contributed by atoms with Gasteiger partial charge in [0, 0.05) is 13.1 Å². The molecule has 0 saturated carbocycles. The lowest BCUT2D eigenvalue weighted by atomic mass is 10.2. The molecule has 0 aliphatic rings. The fourth-order valence-electron chi connectivity index (χ4n) is 3.36. The lowest BCUT2D eigenvalue weighted by Crippen LogP contribution is -2.06. The lowest BCUT2D eigenvalue weighted by Gasteiger charge is -2.19. The summed E-state index contributed by atoms with van der Waals surface area (Å²) in [4.78, 5) is 22.0. The molecule has 0 spiro atoms. The van der Waals surface area contributed by atoms with Crippen molar-refractivity contribution in [3.05, 3.63) is 52.4 Å². The number of aromatic amines is 1. The van der Waals surface area contributed by atoms with Crippen molar-refractivity contribution in [1.29, 1.82) is 0 Å². The van der Waals surface area contributed by atoms with Crippen LogP contribution in [0.15, 0.2) is 47.4 Å². The Kier molecular flexibility index (Phi) is 7.55. The van der Waals surface area contributed by atoms with Gasteiger partial charge in [0.15, 0.2) is 11.5 Å². The molecule has 4 aromatic rings. The summed E-state index contributed by atoms with van der Waals surface area (Å²) in [6.45, 7) is 4.61. The topological polar surface area (TPSA) is 76.7 Å². The van der Waals surface area contributed by atoms with Crippen molar-refractivity contribution in [2.24, 2.45) is 0 Å². The molecule has 0 amide bonds. The number of ether oxygens (including phenoxy) is 3. The summed E-state index contributed by atoms with van der Waals surface area (Å²) in [6.07, 6.45) is 0. The number of halogens is 1. The summed E-state index contributed by atoms with van der Waals surface area (Å²) in [6, 6.07) is 13.0. The van der Waals surface area contributed by atoms with E-state index in [2.05, 4.69) is 4.98 Å². The number of hydrogen-bond donors (Lipinski definition) is 1. The van der Waals surface area contributed by atoms with E-state index in [9.17, 15) is 4.79 Å². The number of imidazole rings is 1. The average molecular weight is 518 g/mol. The monoisotopic (exact) mass is 517 g/mol. The minimum atomic E-state index is -0.358. The summed E-state index contributed by atoms with van der Waals surface area (Å²) >= 11 is 9.37. The molecule has 2 aromatic carbocycles. The van der Waals surface area contributed by atoms with Gasteiger partial charge in [-0.1, -0.05) is 11.6 Å². The number of anilines is 1. The third kappa shape index (κ3) is 5.11. The molecule has 0 radical (unpaired) electrons. The van der Waals surface area contributed by atoms with Gasteiger partial charge in [-0.05, 0) is 62.2 Å². The van der Waals surface area contributed by atoms with Gasteiger partial charge in [0.25, 0.3) is 0 Å². The molecule has 0 aliphatic heterocycles. The minimum absolute atomic E-state index is 0.327. The third-order valence-electron chi connectivity index (χ3n) is 4.92. The molecule has 1 N–H and O–H groups in total. The highest BCUT2D eigenvalue weighted by molar-refractivity contribution is 8.01. The molecule has 0 aliphatic carbocycles. The van der Waals surface area contributed by atoms with Crippen molar-refractivity contribution in [3.8, 4) is 22.2 Å². The number of nitrogens with one attached hydrogen (secondary N) is 1. The van der Waals surface area contributed by atoms with Gasteiger partial charge < -0.3 is 23.5 Å². The second kappa shape index (κ2) is 10.6. The van der Waals surface area contributed by atoms with E-state index in [-0.39, 0.29) is 5.97 Å². The minimum Gasteiger partial charge on any atom is -0.493 e. The van der Waals surface area contributed by atoms with Gasteiger partial charge in [0.05, 0.1) is 56.7 Å². The standard InChI is InChI=1S/C24H24ClN3O4S2/c1-5-31-18-10-8-15(12-19(18)30-4)28(3)34-20-13-21(25)33-22(20)23-26-16-9-7-14(11-17(16)27-23)24(29)32-6-2/h7-13H,5-6H2,1-4H3,(H,26,27). The predicted octanol–water partition coefficient (Wildman–Crippen LogP) is 6.67. The Balaban J connectivity index is 1.62. The Morgan fingerprint density at radius 1 is 1.15 bits per heavy atom. The molecule has 0 fully saturated rings. The molecule has 34 heavy (non-hydrogen) atoms. The summed E-state index contributed by atoms with van der Waals surface area (Å²) in [5.41, 5.74) is 2.94. The van der Waals surface area contributed by atoms with Crippen LogP contribution in [0.2, 0.25) is 4.34 Å². The Hall–Kier alpha value is -2.88. The number of carbonyl (C=O) groups is 1. The van der Waals surface area contributed by atoms with Gasteiger partial charge in [-0.2, -0.15) is 0 Å². The second-order valence-corrected chi connectivity index (χ2v) is 9.99. The SMILES string of the molecule is CCOC(=O)c1ccc2nc(-c3sc(Cl)cc3SN(C)c3ccc(OCC)c(OC)c3)[nH]c2c1. The summed E-state index contributed by atoms with van der Waals surface area (Å²) in [5.74, 6) is 1.71. The zero-order chi connectivity index (χ0) is 24.2. The predicted molar refractivity (Wildman–Crippen MR) is 139 cm³/mol. The number of esters is 1. The first-order valence-corrected chi connectivity index (χ1v) is 12.6. The van der Waals surface area contributed by atoms with Crippen LogP contribution in [0.4, 0.5) is 5.69 Å². The van der Waals surface area contributed by atoms with Crippen molar-refractivity contribution in [2.75, 3.05) is 31.7 Å².